The molecule has 5 nitrogen and oxygen atoms in total. The molecule has 0 spiro atoms. The van der Waals surface area contributed by atoms with Crippen molar-refractivity contribution in [2.75, 3.05) is 45.1 Å². The molecule has 118 valence electrons. The smallest absolute Gasteiger partial charge is 0.193 e. The van der Waals surface area contributed by atoms with Gasteiger partial charge in [0.05, 0.1) is 6.54 Å². The van der Waals surface area contributed by atoms with Crippen molar-refractivity contribution in [3.8, 4) is 0 Å². The Morgan fingerprint density at radius 2 is 1.86 bits per heavy atom. The highest BCUT2D eigenvalue weighted by Crippen LogP contribution is 2.06. The lowest BCUT2D eigenvalue weighted by Crippen LogP contribution is -2.49. The number of anilines is 1. The van der Waals surface area contributed by atoms with Crippen LogP contribution in [0.1, 0.15) is 6.92 Å². The number of para-hydroxylation sites is 1. The van der Waals surface area contributed by atoms with E-state index in [4.69, 9.17) is 5.73 Å². The van der Waals surface area contributed by atoms with Crippen molar-refractivity contribution in [3.63, 3.8) is 0 Å². The Bertz CT molecular complexity index is 429. The van der Waals surface area contributed by atoms with E-state index in [1.807, 2.05) is 30.3 Å². The quantitative estimate of drug-likeness (QED) is 0.456. The van der Waals surface area contributed by atoms with Crippen LogP contribution in [0.25, 0.3) is 0 Å². The van der Waals surface area contributed by atoms with Crippen LogP contribution >= 0.6 is 24.0 Å². The molecule has 1 aliphatic rings. The van der Waals surface area contributed by atoms with Crippen molar-refractivity contribution in [1.82, 2.24) is 9.80 Å². The third kappa shape index (κ3) is 6.19. The molecule has 0 radical (unpaired) electrons. The fourth-order valence-corrected chi connectivity index (χ4v) is 2.32. The van der Waals surface area contributed by atoms with Crippen molar-refractivity contribution in [1.29, 1.82) is 0 Å². The third-order valence-corrected chi connectivity index (χ3v) is 3.73. The Labute approximate surface area is 144 Å². The predicted octanol–water partition coefficient (Wildman–Crippen LogP) is 1.67. The van der Waals surface area contributed by atoms with E-state index in [2.05, 4.69) is 34.1 Å². The normalized spacial score (nSPS) is 18.9. The Morgan fingerprint density at radius 1 is 1.24 bits per heavy atom. The largest absolute Gasteiger partial charge is 0.370 e. The summed E-state index contributed by atoms with van der Waals surface area (Å²) < 4.78 is 0. The number of nitrogens with one attached hydrogen (secondary N) is 1. The van der Waals surface area contributed by atoms with Crippen LogP contribution in [0.2, 0.25) is 0 Å². The molecule has 21 heavy (non-hydrogen) atoms. The molecule has 1 fully saturated rings. The van der Waals surface area contributed by atoms with Gasteiger partial charge < -0.3 is 16.0 Å². The molecule has 0 amide bonds. The maximum atomic E-state index is 5.92. The molecule has 1 aromatic rings. The summed E-state index contributed by atoms with van der Waals surface area (Å²) in [5, 5.41) is 3.11. The SMILES string of the molecule is CC(CN=C(N)Nc1ccccc1)N1CCN(C)CC1.I. The molecule has 0 bridgehead atoms. The van der Waals surface area contributed by atoms with E-state index in [-0.39, 0.29) is 24.0 Å². The molecule has 1 aliphatic heterocycles. The summed E-state index contributed by atoms with van der Waals surface area (Å²) in [6, 6.07) is 10.3. The fourth-order valence-electron chi connectivity index (χ4n) is 2.32. The fraction of sp³-hybridized carbons (Fsp3) is 0.533. The Morgan fingerprint density at radius 3 is 2.48 bits per heavy atom. The summed E-state index contributed by atoms with van der Waals surface area (Å²) in [7, 11) is 2.17. The van der Waals surface area contributed by atoms with Gasteiger partial charge >= 0.3 is 0 Å². The van der Waals surface area contributed by atoms with Gasteiger partial charge in [-0.2, -0.15) is 0 Å². The van der Waals surface area contributed by atoms with Gasteiger partial charge in [0.25, 0.3) is 0 Å². The Kier molecular flexibility index (Phi) is 7.98. The van der Waals surface area contributed by atoms with Crippen molar-refractivity contribution in [2.24, 2.45) is 10.7 Å². The highest BCUT2D eigenvalue weighted by Gasteiger charge is 2.18. The molecule has 0 aromatic heterocycles. The van der Waals surface area contributed by atoms with E-state index in [0.717, 1.165) is 38.4 Å². The van der Waals surface area contributed by atoms with E-state index in [9.17, 15) is 0 Å². The number of hydrogen-bond acceptors (Lipinski definition) is 3. The minimum absolute atomic E-state index is 0. The molecular weight excluding hydrogens is 377 g/mol. The zero-order chi connectivity index (χ0) is 14.4. The summed E-state index contributed by atoms with van der Waals surface area (Å²) in [6.45, 7) is 7.43. The number of likely N-dealkylation sites (N-methyl/N-ethyl adjacent to an activating group) is 1. The average molecular weight is 403 g/mol. The van der Waals surface area contributed by atoms with Gasteiger partial charge in [-0.05, 0) is 26.1 Å². The van der Waals surface area contributed by atoms with Crippen LogP contribution in [0.5, 0.6) is 0 Å². The number of aliphatic imine (C=N–C) groups is 1. The van der Waals surface area contributed by atoms with E-state index >= 15 is 0 Å². The van der Waals surface area contributed by atoms with Crippen molar-refractivity contribution < 1.29 is 0 Å². The summed E-state index contributed by atoms with van der Waals surface area (Å²) in [5.41, 5.74) is 6.89. The summed E-state index contributed by atoms with van der Waals surface area (Å²) in [4.78, 5) is 9.27. The van der Waals surface area contributed by atoms with Crippen LogP contribution in [0.4, 0.5) is 5.69 Å². The first kappa shape index (κ1) is 18.2. The Balaban J connectivity index is 0.00000220. The van der Waals surface area contributed by atoms with Crippen molar-refractivity contribution in [2.45, 2.75) is 13.0 Å². The van der Waals surface area contributed by atoms with Gasteiger partial charge in [-0.15, -0.1) is 24.0 Å². The van der Waals surface area contributed by atoms with E-state index in [1.54, 1.807) is 0 Å². The third-order valence-electron chi connectivity index (χ3n) is 3.73. The van der Waals surface area contributed by atoms with Crippen molar-refractivity contribution >= 4 is 35.6 Å². The van der Waals surface area contributed by atoms with E-state index in [1.165, 1.54) is 0 Å². The first-order valence-corrected chi connectivity index (χ1v) is 7.20. The van der Waals surface area contributed by atoms with Gasteiger partial charge in [-0.3, -0.25) is 9.89 Å². The Hall–Kier alpha value is -0.860. The maximum absolute atomic E-state index is 5.92. The van der Waals surface area contributed by atoms with E-state index in [0.29, 0.717) is 12.0 Å². The minimum Gasteiger partial charge on any atom is -0.370 e. The minimum atomic E-state index is 0. The van der Waals surface area contributed by atoms with Crippen LogP contribution in [0.15, 0.2) is 35.3 Å². The zero-order valence-electron chi connectivity index (χ0n) is 12.8. The lowest BCUT2D eigenvalue weighted by molar-refractivity contribution is 0.122. The highest BCUT2D eigenvalue weighted by atomic mass is 127. The van der Waals surface area contributed by atoms with Crippen molar-refractivity contribution in [3.05, 3.63) is 30.3 Å². The lowest BCUT2D eigenvalue weighted by atomic mass is 10.2. The van der Waals surface area contributed by atoms with Crippen LogP contribution in [0.3, 0.4) is 0 Å². The molecule has 1 atom stereocenters. The number of halogens is 1. The highest BCUT2D eigenvalue weighted by molar-refractivity contribution is 14.0. The van der Waals surface area contributed by atoms with Gasteiger partial charge in [0, 0.05) is 37.9 Å². The van der Waals surface area contributed by atoms with Crippen LogP contribution in [-0.4, -0.2) is 61.6 Å². The second kappa shape index (κ2) is 9.22. The standard InChI is InChI=1S/C15H25N5.HI/c1-13(20-10-8-19(2)9-11-20)12-17-15(16)18-14-6-4-3-5-7-14;/h3-7,13H,8-12H2,1-2H3,(H3,16,17,18);1H. The molecule has 1 unspecified atom stereocenters. The first-order chi connectivity index (χ1) is 9.65. The zero-order valence-corrected chi connectivity index (χ0v) is 15.2. The first-order valence-electron chi connectivity index (χ1n) is 7.20. The van der Waals surface area contributed by atoms with Crippen LogP contribution < -0.4 is 11.1 Å². The summed E-state index contributed by atoms with van der Waals surface area (Å²) >= 11 is 0. The number of guanidine groups is 1. The van der Waals surface area contributed by atoms with Gasteiger partial charge in [0.2, 0.25) is 0 Å². The number of nitrogens with zero attached hydrogens (tertiary/aromatic N) is 3. The molecule has 3 N–H and O–H groups in total. The molecule has 2 rings (SSSR count). The average Bonchev–Trinajstić information content (AvgIpc) is 2.46. The number of nitrogens with two attached hydrogens (primary N) is 1. The van der Waals surface area contributed by atoms with Gasteiger partial charge in [0.1, 0.15) is 0 Å². The second-order valence-corrected chi connectivity index (χ2v) is 5.41. The van der Waals surface area contributed by atoms with Gasteiger partial charge in [-0.1, -0.05) is 18.2 Å². The van der Waals surface area contributed by atoms with Crippen LogP contribution in [-0.2, 0) is 0 Å². The number of rotatable bonds is 4. The molecule has 6 heteroatoms. The van der Waals surface area contributed by atoms with Gasteiger partial charge in [0.15, 0.2) is 5.96 Å². The molecular formula is C15H26IN5. The lowest BCUT2D eigenvalue weighted by Gasteiger charge is -2.35. The van der Waals surface area contributed by atoms with E-state index < -0.39 is 0 Å². The molecule has 0 aliphatic carbocycles. The molecule has 0 saturated carbocycles. The number of piperazine rings is 1. The topological polar surface area (TPSA) is 56.9 Å². The van der Waals surface area contributed by atoms with Gasteiger partial charge in [-0.25, -0.2) is 0 Å². The van der Waals surface area contributed by atoms with Crippen LogP contribution in [0, 0.1) is 0 Å². The number of hydrogen-bond donors (Lipinski definition) is 2. The maximum Gasteiger partial charge on any atom is 0.193 e. The monoisotopic (exact) mass is 403 g/mol. The summed E-state index contributed by atoms with van der Waals surface area (Å²) in [6.07, 6.45) is 0. The predicted molar refractivity (Wildman–Crippen MR) is 101 cm³/mol. The molecule has 1 aromatic carbocycles. The summed E-state index contributed by atoms with van der Waals surface area (Å²) in [5.74, 6) is 0.483. The second-order valence-electron chi connectivity index (χ2n) is 5.41. The molecule has 1 heterocycles. The number of benzene rings is 1. The molecule has 1 saturated heterocycles.